The molecule has 2 atom stereocenters. The molecule has 3 aromatic carbocycles. The third-order valence-corrected chi connectivity index (χ3v) is 6.90. The van der Waals surface area contributed by atoms with Crippen LogP contribution in [0.25, 0.3) is 0 Å². The van der Waals surface area contributed by atoms with E-state index in [1.165, 1.54) is 0 Å². The Kier molecular flexibility index (Phi) is 6.87. The Bertz CT molecular complexity index is 885. The first-order valence-electron chi connectivity index (χ1n) is 8.93. The van der Waals surface area contributed by atoms with Crippen molar-refractivity contribution >= 4 is 19.0 Å². The van der Waals surface area contributed by atoms with Crippen LogP contribution in [0.1, 0.15) is 22.5 Å². The van der Waals surface area contributed by atoms with Gasteiger partial charge in [0.15, 0.2) is 0 Å². The molecule has 0 saturated heterocycles. The second kappa shape index (κ2) is 9.34. The molecular formula is C22H23ClNO2P. The van der Waals surface area contributed by atoms with Gasteiger partial charge in [0, 0.05) is 17.7 Å². The molecule has 27 heavy (non-hydrogen) atoms. The normalized spacial score (nSPS) is 14.4. The first-order chi connectivity index (χ1) is 13.0. The van der Waals surface area contributed by atoms with Crippen LogP contribution in [0.2, 0.25) is 5.02 Å². The fraction of sp³-hybridized carbons (Fsp3) is 0.182. The van der Waals surface area contributed by atoms with E-state index in [4.69, 9.17) is 11.6 Å². The second-order valence-corrected chi connectivity index (χ2v) is 9.45. The highest BCUT2D eigenvalue weighted by atomic mass is 35.5. The molecule has 0 heterocycles. The molecular weight excluding hydrogens is 377 g/mol. The molecule has 0 bridgehead atoms. The highest BCUT2D eigenvalue weighted by Crippen LogP contribution is 2.54. The van der Waals surface area contributed by atoms with E-state index in [1.54, 1.807) is 12.1 Å². The molecule has 0 aromatic heterocycles. The van der Waals surface area contributed by atoms with Gasteiger partial charge in [0.2, 0.25) is 7.37 Å². The van der Waals surface area contributed by atoms with E-state index >= 15 is 0 Å². The SMILES string of the molecule is O=P(O)(CCc1ccccc1)C(NCc1ccccc1)c1ccc(Cl)cc1. The number of nitrogens with one attached hydrogen (secondary N) is 1. The summed E-state index contributed by atoms with van der Waals surface area (Å²) in [6, 6.07) is 26.8. The molecule has 0 aliphatic rings. The maximum atomic E-state index is 13.3. The van der Waals surface area contributed by atoms with Gasteiger partial charge in [-0.15, -0.1) is 0 Å². The lowest BCUT2D eigenvalue weighted by atomic mass is 10.2. The summed E-state index contributed by atoms with van der Waals surface area (Å²) in [5.74, 6) is -0.640. The number of aryl methyl sites for hydroxylation is 1. The minimum atomic E-state index is -3.50. The summed E-state index contributed by atoms with van der Waals surface area (Å²) >= 11 is 5.99. The molecule has 3 aromatic rings. The van der Waals surface area contributed by atoms with E-state index in [0.29, 0.717) is 18.0 Å². The standard InChI is InChI=1S/C22H23ClNO2P/c23-21-13-11-20(12-14-21)22(24-17-19-9-5-2-6-10-19)27(25,26)16-15-18-7-3-1-4-8-18/h1-14,22,24H,15-17H2,(H,25,26). The molecule has 0 radical (unpaired) electrons. The molecule has 0 spiro atoms. The van der Waals surface area contributed by atoms with Gasteiger partial charge in [-0.1, -0.05) is 84.4 Å². The van der Waals surface area contributed by atoms with E-state index in [9.17, 15) is 9.46 Å². The van der Waals surface area contributed by atoms with E-state index < -0.39 is 13.2 Å². The highest BCUT2D eigenvalue weighted by Gasteiger charge is 2.31. The minimum absolute atomic E-state index is 0.214. The quantitative estimate of drug-likeness (QED) is 0.482. The van der Waals surface area contributed by atoms with E-state index in [0.717, 1.165) is 16.7 Å². The molecule has 140 valence electrons. The van der Waals surface area contributed by atoms with Crippen molar-refractivity contribution < 1.29 is 9.46 Å². The molecule has 5 heteroatoms. The average molecular weight is 400 g/mol. The van der Waals surface area contributed by atoms with Gasteiger partial charge in [-0.3, -0.25) is 9.88 Å². The Labute approximate surface area is 165 Å². The zero-order chi connectivity index (χ0) is 19.1. The number of hydrogen-bond acceptors (Lipinski definition) is 2. The lowest BCUT2D eigenvalue weighted by molar-refractivity contribution is 0.447. The van der Waals surface area contributed by atoms with Crippen molar-refractivity contribution in [2.45, 2.75) is 18.7 Å². The Balaban J connectivity index is 1.78. The summed E-state index contributed by atoms with van der Waals surface area (Å²) in [7, 11) is -3.50. The van der Waals surface area contributed by atoms with Crippen molar-refractivity contribution in [1.29, 1.82) is 0 Å². The van der Waals surface area contributed by atoms with Gasteiger partial charge >= 0.3 is 0 Å². The third-order valence-electron chi connectivity index (χ3n) is 4.50. The van der Waals surface area contributed by atoms with Crippen molar-refractivity contribution in [1.82, 2.24) is 5.32 Å². The summed E-state index contributed by atoms with van der Waals surface area (Å²) in [6.45, 7) is 0.518. The molecule has 0 amide bonds. The highest BCUT2D eigenvalue weighted by molar-refractivity contribution is 7.58. The Morgan fingerprint density at radius 3 is 2.00 bits per heavy atom. The Morgan fingerprint density at radius 1 is 0.852 bits per heavy atom. The maximum absolute atomic E-state index is 13.3. The molecule has 2 unspecified atom stereocenters. The van der Waals surface area contributed by atoms with Crippen LogP contribution >= 0.6 is 19.0 Å². The van der Waals surface area contributed by atoms with Crippen LogP contribution in [0.15, 0.2) is 84.9 Å². The summed E-state index contributed by atoms with van der Waals surface area (Å²) in [4.78, 5) is 10.9. The van der Waals surface area contributed by atoms with Gasteiger partial charge in [0.05, 0.1) is 0 Å². The zero-order valence-corrected chi connectivity index (χ0v) is 16.6. The fourth-order valence-electron chi connectivity index (χ4n) is 3.01. The van der Waals surface area contributed by atoms with Gasteiger partial charge < -0.3 is 4.89 Å². The van der Waals surface area contributed by atoms with E-state index in [-0.39, 0.29) is 6.16 Å². The van der Waals surface area contributed by atoms with Gasteiger partial charge in [-0.05, 0) is 35.2 Å². The lowest BCUT2D eigenvalue weighted by Gasteiger charge is -2.25. The molecule has 2 N–H and O–H groups in total. The predicted molar refractivity (Wildman–Crippen MR) is 112 cm³/mol. The third kappa shape index (κ3) is 5.79. The average Bonchev–Trinajstić information content (AvgIpc) is 2.69. The van der Waals surface area contributed by atoms with Gasteiger partial charge in [-0.2, -0.15) is 0 Å². The van der Waals surface area contributed by atoms with Crippen molar-refractivity contribution in [3.05, 3.63) is 107 Å². The first-order valence-corrected chi connectivity index (χ1v) is 11.2. The summed E-state index contributed by atoms with van der Waals surface area (Å²) < 4.78 is 13.3. The lowest BCUT2D eigenvalue weighted by Crippen LogP contribution is -2.22. The van der Waals surface area contributed by atoms with Crippen LogP contribution in [0.4, 0.5) is 0 Å². The smallest absolute Gasteiger partial charge is 0.221 e. The first kappa shape index (κ1) is 19.9. The van der Waals surface area contributed by atoms with Crippen LogP contribution in [0.3, 0.4) is 0 Å². The summed E-state index contributed by atoms with van der Waals surface area (Å²) in [5, 5.41) is 3.90. The van der Waals surface area contributed by atoms with E-state index in [1.807, 2.05) is 72.8 Å². The number of rotatable bonds is 8. The van der Waals surface area contributed by atoms with Crippen LogP contribution < -0.4 is 5.32 Å². The molecule has 0 aliphatic carbocycles. The van der Waals surface area contributed by atoms with Crippen LogP contribution in [0, 0.1) is 0 Å². The summed E-state index contributed by atoms with van der Waals surface area (Å²) in [6.07, 6.45) is 0.776. The number of halogens is 1. The number of hydrogen-bond donors (Lipinski definition) is 2. The van der Waals surface area contributed by atoms with E-state index in [2.05, 4.69) is 5.32 Å². The largest absolute Gasteiger partial charge is 0.343 e. The molecule has 3 nitrogen and oxygen atoms in total. The predicted octanol–water partition coefficient (Wildman–Crippen LogP) is 5.64. The Morgan fingerprint density at radius 2 is 1.41 bits per heavy atom. The molecule has 0 fully saturated rings. The molecule has 3 rings (SSSR count). The topological polar surface area (TPSA) is 49.3 Å². The van der Waals surface area contributed by atoms with Crippen molar-refractivity contribution in [3.8, 4) is 0 Å². The monoisotopic (exact) mass is 399 g/mol. The van der Waals surface area contributed by atoms with Gasteiger partial charge in [-0.25, -0.2) is 0 Å². The van der Waals surface area contributed by atoms with Crippen molar-refractivity contribution in [2.24, 2.45) is 0 Å². The van der Waals surface area contributed by atoms with Crippen LogP contribution in [0.5, 0.6) is 0 Å². The van der Waals surface area contributed by atoms with Gasteiger partial charge in [0.25, 0.3) is 0 Å². The second-order valence-electron chi connectivity index (χ2n) is 6.54. The van der Waals surface area contributed by atoms with Crippen molar-refractivity contribution in [2.75, 3.05) is 6.16 Å². The summed E-state index contributed by atoms with van der Waals surface area (Å²) in [5.41, 5.74) is 2.90. The minimum Gasteiger partial charge on any atom is -0.343 e. The Hall–Kier alpha value is -1.90. The molecule has 0 saturated carbocycles. The van der Waals surface area contributed by atoms with Crippen LogP contribution in [-0.4, -0.2) is 11.1 Å². The fourth-order valence-corrected chi connectivity index (χ4v) is 4.99. The van der Waals surface area contributed by atoms with Crippen molar-refractivity contribution in [3.63, 3.8) is 0 Å². The zero-order valence-electron chi connectivity index (χ0n) is 15.0. The van der Waals surface area contributed by atoms with Gasteiger partial charge in [0.1, 0.15) is 5.78 Å². The molecule has 0 aliphatic heterocycles. The maximum Gasteiger partial charge on any atom is 0.221 e. The number of benzene rings is 3. The van der Waals surface area contributed by atoms with Crippen LogP contribution in [-0.2, 0) is 17.5 Å².